The van der Waals surface area contributed by atoms with Gasteiger partial charge in [0.2, 0.25) is 0 Å². The van der Waals surface area contributed by atoms with Crippen molar-refractivity contribution in [3.63, 3.8) is 0 Å². The second kappa shape index (κ2) is 46.0. The van der Waals surface area contributed by atoms with Gasteiger partial charge in [-0.1, -0.05) is 26.2 Å². The van der Waals surface area contributed by atoms with E-state index in [2.05, 4.69) is 20.8 Å². The fourth-order valence-corrected chi connectivity index (χ4v) is 0.427. The number of hydrogen-bond acceptors (Lipinski definition) is 0. The molecule has 68 valence electrons. The third kappa shape index (κ3) is 60.0. The molecule has 0 saturated carbocycles. The molecule has 0 atom stereocenters. The molecule has 0 aromatic heterocycles. The average Bonchev–Trinajstić information content (AvgIpc) is 1.88. The molecule has 2 nitrogen and oxygen atoms in total. The Kier molecular flexibility index (Phi) is 125. The zero-order valence-electron chi connectivity index (χ0n) is 7.56. The Labute approximate surface area is 86.3 Å². The Morgan fingerprint density at radius 1 is 1.00 bits per heavy atom. The van der Waals surface area contributed by atoms with Gasteiger partial charge in [0.05, 0.1) is 0 Å². The molecular weight excluding hydrogens is 176 g/mol. The van der Waals surface area contributed by atoms with Gasteiger partial charge in [-0.15, -0.1) is 0 Å². The average molecular weight is 194 g/mol. The summed E-state index contributed by atoms with van der Waals surface area (Å²) in [5.41, 5.74) is 0. The topological polar surface area (TPSA) is 57.0 Å². The molecular formula is C8H18O2Ti-2. The smallest absolute Gasteiger partial charge is 2.00 e. The van der Waals surface area contributed by atoms with Gasteiger partial charge in [-0.05, 0) is 0 Å². The molecule has 0 unspecified atom stereocenters. The first-order chi connectivity index (χ1) is 3.91. The molecule has 0 aliphatic heterocycles. The van der Waals surface area contributed by atoms with E-state index in [0.29, 0.717) is 0 Å². The SMILES string of the molecule is [CH2-]C.[CH2-]CCCCC.[O-2].[O-2].[Ti+4]. The third-order valence-corrected chi connectivity index (χ3v) is 0.854. The Hall–Kier alpha value is 0.634. The Morgan fingerprint density at radius 3 is 1.45 bits per heavy atom. The minimum Gasteiger partial charge on any atom is -2.00 e. The van der Waals surface area contributed by atoms with E-state index in [1.807, 2.05) is 0 Å². The van der Waals surface area contributed by atoms with Crippen molar-refractivity contribution < 1.29 is 32.7 Å². The number of hydrogen-bond donors (Lipinski definition) is 0. The summed E-state index contributed by atoms with van der Waals surface area (Å²) in [6.07, 6.45) is 5.07. The van der Waals surface area contributed by atoms with Crippen LogP contribution in [0.3, 0.4) is 0 Å². The fourth-order valence-electron chi connectivity index (χ4n) is 0.427. The molecule has 0 aromatic carbocycles. The van der Waals surface area contributed by atoms with E-state index in [9.17, 15) is 0 Å². The van der Waals surface area contributed by atoms with E-state index in [1.165, 1.54) is 19.3 Å². The molecule has 11 heavy (non-hydrogen) atoms. The molecule has 0 heterocycles. The van der Waals surface area contributed by atoms with Gasteiger partial charge in [-0.25, -0.2) is 0 Å². The van der Waals surface area contributed by atoms with Crippen LogP contribution in [0.2, 0.25) is 0 Å². The minimum absolute atomic E-state index is 0. The van der Waals surface area contributed by atoms with Crippen LogP contribution in [-0.2, 0) is 32.7 Å². The van der Waals surface area contributed by atoms with Gasteiger partial charge < -0.3 is 24.8 Å². The summed E-state index contributed by atoms with van der Waals surface area (Å²) in [5, 5.41) is 0. The van der Waals surface area contributed by atoms with Crippen LogP contribution >= 0.6 is 0 Å². The maximum atomic E-state index is 3.72. The van der Waals surface area contributed by atoms with Crippen molar-refractivity contribution in [3.05, 3.63) is 13.8 Å². The zero-order valence-corrected chi connectivity index (χ0v) is 9.12. The van der Waals surface area contributed by atoms with Crippen molar-refractivity contribution in [1.82, 2.24) is 0 Å². The Morgan fingerprint density at radius 2 is 1.36 bits per heavy atom. The third-order valence-electron chi connectivity index (χ3n) is 0.854. The molecule has 3 heteroatoms. The Balaban J connectivity index is -0.0000000222. The number of unbranched alkanes of at least 4 members (excludes halogenated alkanes) is 3. The van der Waals surface area contributed by atoms with Crippen molar-refractivity contribution in [2.75, 3.05) is 0 Å². The Bertz CT molecular complexity index is 24.1. The van der Waals surface area contributed by atoms with Crippen LogP contribution in [-0.4, -0.2) is 0 Å². The van der Waals surface area contributed by atoms with Gasteiger partial charge in [0.1, 0.15) is 0 Å². The fraction of sp³-hybridized carbons (Fsp3) is 0.750. The van der Waals surface area contributed by atoms with Crippen molar-refractivity contribution in [2.45, 2.75) is 39.5 Å². The predicted molar refractivity (Wildman–Crippen MR) is 41.9 cm³/mol. The zero-order chi connectivity index (χ0) is 6.83. The summed E-state index contributed by atoms with van der Waals surface area (Å²) in [4.78, 5) is 0. The molecule has 0 aliphatic rings. The van der Waals surface area contributed by atoms with Crippen molar-refractivity contribution in [3.8, 4) is 0 Å². The van der Waals surface area contributed by atoms with Gasteiger partial charge in [0.25, 0.3) is 0 Å². The van der Waals surface area contributed by atoms with E-state index in [4.69, 9.17) is 0 Å². The summed E-state index contributed by atoms with van der Waals surface area (Å²) in [5.74, 6) is 0. The van der Waals surface area contributed by atoms with Crippen LogP contribution in [0.5, 0.6) is 0 Å². The molecule has 0 spiro atoms. The standard InChI is InChI=1S/C6H13.C2H5.2O.Ti/c1-3-5-6-4-2;1-2;;;/h1,3-6H2,2H3;1H2,2H3;;;/q2*-1;2*-2;+4. The van der Waals surface area contributed by atoms with E-state index in [-0.39, 0.29) is 32.7 Å². The normalized spacial score (nSPS) is 5.45. The largest absolute Gasteiger partial charge is 4.00 e. The monoisotopic (exact) mass is 194 g/mol. The summed E-state index contributed by atoms with van der Waals surface area (Å²) in [6, 6.07) is 0. The molecule has 0 rings (SSSR count). The first kappa shape index (κ1) is 29.9. The molecule has 0 aliphatic carbocycles. The van der Waals surface area contributed by atoms with Crippen LogP contribution in [0.4, 0.5) is 0 Å². The van der Waals surface area contributed by atoms with Crippen molar-refractivity contribution in [2.24, 2.45) is 0 Å². The van der Waals surface area contributed by atoms with Gasteiger partial charge in [0, 0.05) is 0 Å². The van der Waals surface area contributed by atoms with Gasteiger partial charge >= 0.3 is 21.7 Å². The summed E-state index contributed by atoms with van der Waals surface area (Å²) in [6.45, 7) is 10.9. The predicted octanol–water partition coefficient (Wildman–Crippen LogP) is 3.00. The van der Waals surface area contributed by atoms with E-state index >= 15 is 0 Å². The summed E-state index contributed by atoms with van der Waals surface area (Å²) < 4.78 is 0. The van der Waals surface area contributed by atoms with E-state index in [0.717, 1.165) is 6.42 Å². The molecule has 0 N–H and O–H groups in total. The van der Waals surface area contributed by atoms with Crippen molar-refractivity contribution >= 4 is 0 Å². The molecule has 0 amide bonds. The van der Waals surface area contributed by atoms with E-state index in [1.54, 1.807) is 6.92 Å². The van der Waals surface area contributed by atoms with Crippen LogP contribution in [0.15, 0.2) is 0 Å². The van der Waals surface area contributed by atoms with Crippen molar-refractivity contribution in [1.29, 1.82) is 0 Å². The summed E-state index contributed by atoms with van der Waals surface area (Å²) >= 11 is 0. The first-order valence-corrected chi connectivity index (χ1v) is 3.41. The van der Waals surface area contributed by atoms with E-state index < -0.39 is 0 Å². The second-order valence-electron chi connectivity index (χ2n) is 1.56. The van der Waals surface area contributed by atoms with Crippen LogP contribution in [0, 0.1) is 13.8 Å². The van der Waals surface area contributed by atoms with Gasteiger partial charge in [0.15, 0.2) is 0 Å². The maximum Gasteiger partial charge on any atom is 4.00 e. The molecule has 0 saturated heterocycles. The van der Waals surface area contributed by atoms with Gasteiger partial charge in [-0.2, -0.15) is 13.3 Å². The molecule has 0 bridgehead atoms. The van der Waals surface area contributed by atoms with Crippen LogP contribution < -0.4 is 0 Å². The van der Waals surface area contributed by atoms with Crippen LogP contribution in [0.1, 0.15) is 39.5 Å². The second-order valence-corrected chi connectivity index (χ2v) is 1.56. The van der Waals surface area contributed by atoms with Gasteiger partial charge in [-0.3, -0.25) is 0 Å². The first-order valence-electron chi connectivity index (χ1n) is 3.41. The number of rotatable bonds is 3. The molecule has 0 fully saturated rings. The summed E-state index contributed by atoms with van der Waals surface area (Å²) in [7, 11) is 0. The molecule has 0 radical (unpaired) electrons. The quantitative estimate of drug-likeness (QED) is 0.376. The minimum atomic E-state index is 0. The molecule has 0 aromatic rings. The van der Waals surface area contributed by atoms with Crippen LogP contribution in [0.25, 0.3) is 0 Å². The maximum absolute atomic E-state index is 3.72.